The van der Waals surface area contributed by atoms with Gasteiger partial charge in [0.05, 0.1) is 30.6 Å². The summed E-state index contributed by atoms with van der Waals surface area (Å²) in [6.07, 6.45) is 5.17. The number of amides is 3. The number of nitrogens with two attached hydrogens (primary N) is 2. The second kappa shape index (κ2) is 13.6. The van der Waals surface area contributed by atoms with Crippen LogP contribution in [0.2, 0.25) is 0 Å². The molecule has 38 heavy (non-hydrogen) atoms. The molecule has 2 heterocycles. The maximum absolute atomic E-state index is 12.7. The Morgan fingerprint density at radius 2 is 1.68 bits per heavy atom. The molecular formula is C29H36N6O3. The van der Waals surface area contributed by atoms with Crippen LogP contribution in [0.15, 0.2) is 72.9 Å². The predicted octanol–water partition coefficient (Wildman–Crippen LogP) is 3.74. The van der Waals surface area contributed by atoms with Crippen LogP contribution in [0, 0.1) is 0 Å². The van der Waals surface area contributed by atoms with Crippen LogP contribution in [0.4, 0.5) is 16.2 Å². The van der Waals surface area contributed by atoms with Crippen LogP contribution >= 0.6 is 0 Å². The summed E-state index contributed by atoms with van der Waals surface area (Å²) in [5.41, 5.74) is 14.8. The molecule has 200 valence electrons. The van der Waals surface area contributed by atoms with Crippen molar-refractivity contribution in [2.75, 3.05) is 37.4 Å². The average Bonchev–Trinajstić information content (AvgIpc) is 2.94. The molecule has 4 rings (SSSR count). The van der Waals surface area contributed by atoms with Gasteiger partial charge in [0.2, 0.25) is 0 Å². The summed E-state index contributed by atoms with van der Waals surface area (Å²) in [4.78, 5) is 31.3. The van der Waals surface area contributed by atoms with Crippen LogP contribution in [0.5, 0.6) is 0 Å². The molecule has 0 radical (unpaired) electrons. The van der Waals surface area contributed by atoms with Crippen molar-refractivity contribution in [1.29, 1.82) is 0 Å². The second-order valence-corrected chi connectivity index (χ2v) is 9.48. The standard InChI is InChI=1S/C29H36N6O3/c30-24-8-4-5-9-26(24)33-28(36)27-14-11-22(20-32-27)25(34-29(31)37)15-13-23(35-16-18-38-19-17-35)12-10-21-6-2-1-3-7-21/h1-9,11,14,20,23,25H,10,12-13,15-19,30H2,(H,33,36)(H3,31,34,37). The lowest BCUT2D eigenvalue weighted by Crippen LogP contribution is -2.44. The lowest BCUT2D eigenvalue weighted by Gasteiger charge is -2.35. The van der Waals surface area contributed by atoms with E-state index in [0.717, 1.165) is 51.1 Å². The second-order valence-electron chi connectivity index (χ2n) is 9.48. The number of aromatic nitrogens is 1. The number of hydrogen-bond acceptors (Lipinski definition) is 6. The lowest BCUT2D eigenvalue weighted by molar-refractivity contribution is 0.0121. The van der Waals surface area contributed by atoms with Gasteiger partial charge < -0.3 is 26.8 Å². The zero-order valence-electron chi connectivity index (χ0n) is 21.5. The first-order chi connectivity index (χ1) is 18.5. The summed E-state index contributed by atoms with van der Waals surface area (Å²) in [5, 5.41) is 5.64. The number of morpholine rings is 1. The molecule has 3 amide bonds. The Kier molecular flexibility index (Phi) is 9.66. The molecule has 0 saturated carbocycles. The van der Waals surface area contributed by atoms with Crippen LogP contribution in [0.1, 0.15) is 46.9 Å². The monoisotopic (exact) mass is 516 g/mol. The molecule has 0 spiro atoms. The molecule has 1 aromatic heterocycles. The number of primary amides is 1. The van der Waals surface area contributed by atoms with Crippen molar-refractivity contribution in [2.45, 2.75) is 37.8 Å². The van der Waals surface area contributed by atoms with Gasteiger partial charge in [-0.25, -0.2) is 4.79 Å². The van der Waals surface area contributed by atoms with E-state index < -0.39 is 6.03 Å². The largest absolute Gasteiger partial charge is 0.397 e. The highest BCUT2D eigenvalue weighted by Crippen LogP contribution is 2.24. The van der Waals surface area contributed by atoms with Crippen molar-refractivity contribution < 1.29 is 14.3 Å². The molecule has 1 aliphatic rings. The summed E-state index contributed by atoms with van der Waals surface area (Å²) in [5.74, 6) is -0.359. The Bertz CT molecular complexity index is 1180. The number of nitrogen functional groups attached to an aromatic ring is 1. The number of rotatable bonds is 11. The predicted molar refractivity (Wildman–Crippen MR) is 149 cm³/mol. The first kappa shape index (κ1) is 27.1. The van der Waals surface area contributed by atoms with Gasteiger partial charge in [0.1, 0.15) is 5.69 Å². The Hall–Kier alpha value is -3.95. The molecule has 3 aromatic rings. The fourth-order valence-corrected chi connectivity index (χ4v) is 4.83. The van der Waals surface area contributed by atoms with Crippen molar-refractivity contribution >= 4 is 23.3 Å². The fraction of sp³-hybridized carbons (Fsp3) is 0.345. The maximum atomic E-state index is 12.7. The summed E-state index contributed by atoms with van der Waals surface area (Å²) in [6.45, 7) is 3.25. The number of benzene rings is 2. The molecule has 1 aliphatic heterocycles. The van der Waals surface area contributed by atoms with Gasteiger partial charge in [-0.2, -0.15) is 0 Å². The molecular weight excluding hydrogens is 480 g/mol. The van der Waals surface area contributed by atoms with Gasteiger partial charge in [0.25, 0.3) is 5.91 Å². The molecule has 1 saturated heterocycles. The molecule has 2 aromatic carbocycles. The van der Waals surface area contributed by atoms with Gasteiger partial charge >= 0.3 is 6.03 Å². The number of para-hydroxylation sites is 2. The number of carbonyl (C=O) groups is 2. The normalized spacial score (nSPS) is 15.4. The van der Waals surface area contributed by atoms with Crippen LogP contribution in [-0.2, 0) is 11.2 Å². The molecule has 0 bridgehead atoms. The number of pyridine rings is 1. The highest BCUT2D eigenvalue weighted by molar-refractivity contribution is 6.04. The number of ether oxygens (including phenoxy) is 1. The molecule has 2 unspecified atom stereocenters. The first-order valence-electron chi connectivity index (χ1n) is 13.0. The minimum absolute atomic E-state index is 0.254. The first-order valence-corrected chi connectivity index (χ1v) is 13.0. The Morgan fingerprint density at radius 1 is 0.947 bits per heavy atom. The van der Waals surface area contributed by atoms with E-state index in [0.29, 0.717) is 23.8 Å². The van der Waals surface area contributed by atoms with E-state index in [4.69, 9.17) is 16.2 Å². The molecule has 9 heteroatoms. The number of hydrogen-bond donors (Lipinski definition) is 4. The highest BCUT2D eigenvalue weighted by atomic mass is 16.5. The molecule has 2 atom stereocenters. The third-order valence-electron chi connectivity index (χ3n) is 6.91. The molecule has 9 nitrogen and oxygen atoms in total. The molecule has 6 N–H and O–H groups in total. The topological polar surface area (TPSA) is 136 Å². The quantitative estimate of drug-likeness (QED) is 0.287. The summed E-state index contributed by atoms with van der Waals surface area (Å²) < 4.78 is 5.57. The van der Waals surface area contributed by atoms with Gasteiger partial charge in [-0.05, 0) is 55.0 Å². The van der Waals surface area contributed by atoms with Gasteiger partial charge in [0.15, 0.2) is 0 Å². The van der Waals surface area contributed by atoms with E-state index in [9.17, 15) is 9.59 Å². The zero-order valence-corrected chi connectivity index (χ0v) is 21.5. The van der Waals surface area contributed by atoms with E-state index in [1.165, 1.54) is 5.56 Å². The smallest absolute Gasteiger partial charge is 0.312 e. The number of carbonyl (C=O) groups excluding carboxylic acids is 2. The van der Waals surface area contributed by atoms with E-state index >= 15 is 0 Å². The zero-order chi connectivity index (χ0) is 26.7. The van der Waals surface area contributed by atoms with Crippen molar-refractivity contribution in [3.63, 3.8) is 0 Å². The lowest BCUT2D eigenvalue weighted by atomic mass is 9.95. The van der Waals surface area contributed by atoms with Crippen molar-refractivity contribution in [1.82, 2.24) is 15.2 Å². The van der Waals surface area contributed by atoms with Gasteiger partial charge in [-0.1, -0.05) is 48.5 Å². The summed E-state index contributed by atoms with van der Waals surface area (Å²) in [6, 6.07) is 20.4. The highest BCUT2D eigenvalue weighted by Gasteiger charge is 2.24. The van der Waals surface area contributed by atoms with E-state index in [-0.39, 0.29) is 17.6 Å². The van der Waals surface area contributed by atoms with Crippen LogP contribution < -0.4 is 22.1 Å². The van der Waals surface area contributed by atoms with Crippen LogP contribution in [-0.4, -0.2) is 54.2 Å². The maximum Gasteiger partial charge on any atom is 0.312 e. The SMILES string of the molecule is NC(=O)NC(CCC(CCc1ccccc1)N1CCOCC1)c1ccc(C(=O)Nc2ccccc2N)nc1. The minimum atomic E-state index is -0.594. The number of nitrogens with zero attached hydrogens (tertiary/aromatic N) is 2. The average molecular weight is 517 g/mol. The number of nitrogens with one attached hydrogen (secondary N) is 2. The third-order valence-corrected chi connectivity index (χ3v) is 6.91. The van der Waals surface area contributed by atoms with Crippen molar-refractivity contribution in [3.8, 4) is 0 Å². The van der Waals surface area contributed by atoms with E-state index in [1.54, 1.807) is 36.5 Å². The third kappa shape index (κ3) is 7.77. The summed E-state index contributed by atoms with van der Waals surface area (Å²) >= 11 is 0. The van der Waals surface area contributed by atoms with E-state index in [2.05, 4.69) is 44.8 Å². The van der Waals surface area contributed by atoms with Crippen LogP contribution in [0.3, 0.4) is 0 Å². The number of urea groups is 1. The minimum Gasteiger partial charge on any atom is -0.397 e. The van der Waals surface area contributed by atoms with Crippen molar-refractivity contribution in [3.05, 3.63) is 89.7 Å². The Balaban J connectivity index is 1.42. The Morgan fingerprint density at radius 3 is 2.37 bits per heavy atom. The fourth-order valence-electron chi connectivity index (χ4n) is 4.83. The van der Waals surface area contributed by atoms with Gasteiger partial charge in [0, 0.05) is 25.3 Å². The summed E-state index contributed by atoms with van der Waals surface area (Å²) in [7, 11) is 0. The molecule has 0 aliphatic carbocycles. The number of aryl methyl sites for hydroxylation is 1. The Labute approximate surface area is 223 Å². The van der Waals surface area contributed by atoms with Crippen LogP contribution in [0.25, 0.3) is 0 Å². The molecule has 1 fully saturated rings. The van der Waals surface area contributed by atoms with Crippen molar-refractivity contribution in [2.24, 2.45) is 5.73 Å². The van der Waals surface area contributed by atoms with Gasteiger partial charge in [-0.15, -0.1) is 0 Å². The van der Waals surface area contributed by atoms with Gasteiger partial charge in [-0.3, -0.25) is 14.7 Å². The van der Waals surface area contributed by atoms with E-state index in [1.807, 2.05) is 12.1 Å². The number of anilines is 2.